The lowest BCUT2D eigenvalue weighted by molar-refractivity contribution is 0.185. The fourth-order valence-corrected chi connectivity index (χ4v) is 3.47. The summed E-state index contributed by atoms with van der Waals surface area (Å²) < 4.78 is 11.3. The molecule has 2 aromatic rings. The second-order valence-corrected chi connectivity index (χ2v) is 8.44. The first-order chi connectivity index (χ1) is 12.5. The van der Waals surface area contributed by atoms with Gasteiger partial charge in [-0.15, -0.1) is 11.3 Å². The normalized spacial score (nSPS) is 17.0. The molecule has 0 radical (unpaired) electrons. The molecule has 2 saturated carbocycles. The van der Waals surface area contributed by atoms with Gasteiger partial charge >= 0.3 is 6.09 Å². The minimum atomic E-state index is -0.607. The summed E-state index contributed by atoms with van der Waals surface area (Å²) in [4.78, 5) is 21.0. The van der Waals surface area contributed by atoms with Crippen molar-refractivity contribution >= 4 is 17.4 Å². The Kier molecular flexibility index (Phi) is 4.56. The summed E-state index contributed by atoms with van der Waals surface area (Å²) in [5.41, 5.74) is 0.520. The van der Waals surface area contributed by atoms with Crippen LogP contribution >= 0.6 is 11.3 Å². The van der Waals surface area contributed by atoms with Crippen molar-refractivity contribution in [1.82, 2.24) is 15.3 Å². The van der Waals surface area contributed by atoms with E-state index in [1.165, 1.54) is 37.0 Å². The van der Waals surface area contributed by atoms with E-state index in [-0.39, 0.29) is 5.88 Å². The van der Waals surface area contributed by atoms with Crippen LogP contribution in [0.25, 0.3) is 0 Å². The first-order valence-corrected chi connectivity index (χ1v) is 9.93. The Morgan fingerprint density at radius 2 is 2.12 bits per heavy atom. The second-order valence-electron chi connectivity index (χ2n) is 7.55. The molecule has 2 fully saturated rings. The van der Waals surface area contributed by atoms with Gasteiger partial charge in [0.15, 0.2) is 0 Å². The number of carbonyl (C=O) groups excluding carboxylic acids is 1. The number of carbonyl (C=O) groups is 1. The highest BCUT2D eigenvalue weighted by molar-refractivity contribution is 7.09. The van der Waals surface area contributed by atoms with Crippen LogP contribution in [0.4, 0.5) is 4.79 Å². The van der Waals surface area contributed by atoms with Gasteiger partial charge in [0.25, 0.3) is 0 Å². The van der Waals surface area contributed by atoms with E-state index in [1.807, 2.05) is 25.3 Å². The van der Waals surface area contributed by atoms with E-state index in [4.69, 9.17) is 9.47 Å². The van der Waals surface area contributed by atoms with E-state index < -0.39 is 11.6 Å². The summed E-state index contributed by atoms with van der Waals surface area (Å²) in [6, 6.07) is 3.72. The van der Waals surface area contributed by atoms with Gasteiger partial charge in [0, 0.05) is 23.2 Å². The van der Waals surface area contributed by atoms with Crippen LogP contribution in [0.15, 0.2) is 23.7 Å². The maximum Gasteiger partial charge on any atom is 0.414 e. The first-order valence-electron chi connectivity index (χ1n) is 9.05. The van der Waals surface area contributed by atoms with Gasteiger partial charge in [0.05, 0.1) is 12.1 Å². The van der Waals surface area contributed by atoms with Crippen LogP contribution in [0.3, 0.4) is 0 Å². The van der Waals surface area contributed by atoms with E-state index in [2.05, 4.69) is 15.3 Å². The van der Waals surface area contributed by atoms with Crippen molar-refractivity contribution in [2.45, 2.75) is 51.0 Å². The lowest BCUT2D eigenvalue weighted by atomic mass is 10.1. The van der Waals surface area contributed by atoms with E-state index in [1.54, 1.807) is 12.3 Å². The predicted octanol–water partition coefficient (Wildman–Crippen LogP) is 4.23. The van der Waals surface area contributed by atoms with Gasteiger partial charge in [-0.25, -0.2) is 9.78 Å². The van der Waals surface area contributed by atoms with Crippen molar-refractivity contribution < 1.29 is 14.3 Å². The average molecular weight is 373 g/mol. The van der Waals surface area contributed by atoms with Gasteiger partial charge in [-0.05, 0) is 57.4 Å². The molecule has 7 heteroatoms. The molecule has 26 heavy (non-hydrogen) atoms. The molecule has 1 amide bonds. The fraction of sp³-hybridized carbons (Fsp3) is 0.526. The highest BCUT2D eigenvalue weighted by Gasteiger charge is 2.30. The van der Waals surface area contributed by atoms with Crippen molar-refractivity contribution in [2.75, 3.05) is 6.61 Å². The largest absolute Gasteiger partial charge is 0.477 e. The third kappa shape index (κ3) is 4.15. The Balaban J connectivity index is 1.43. The number of aromatic nitrogens is 2. The summed E-state index contributed by atoms with van der Waals surface area (Å²) in [5, 5.41) is 5.54. The number of rotatable bonds is 7. The Bertz CT molecular complexity index is 783. The molecule has 0 atom stereocenters. The zero-order chi connectivity index (χ0) is 18.1. The maximum atomic E-state index is 12.3. The SMILES string of the molecule is CC(C)(NC(=O)Oc1ccc(C2CC2)c(OCC2CC2)n1)c1nccs1. The summed E-state index contributed by atoms with van der Waals surface area (Å²) in [6.45, 7) is 4.47. The molecular weight excluding hydrogens is 350 g/mol. The van der Waals surface area contributed by atoms with Gasteiger partial charge in [0.2, 0.25) is 11.8 Å². The Labute approximate surface area is 157 Å². The predicted molar refractivity (Wildman–Crippen MR) is 98.7 cm³/mol. The lowest BCUT2D eigenvalue weighted by Crippen LogP contribution is -2.42. The second kappa shape index (κ2) is 6.87. The molecule has 138 valence electrons. The zero-order valence-corrected chi connectivity index (χ0v) is 15.8. The number of pyridine rings is 1. The van der Waals surface area contributed by atoms with Crippen LogP contribution in [0.5, 0.6) is 11.8 Å². The van der Waals surface area contributed by atoms with Crippen LogP contribution in [0.1, 0.15) is 56.0 Å². The van der Waals surface area contributed by atoms with Gasteiger partial charge in [-0.2, -0.15) is 4.98 Å². The van der Waals surface area contributed by atoms with Gasteiger partial charge in [-0.1, -0.05) is 0 Å². The van der Waals surface area contributed by atoms with Gasteiger partial charge in [-0.3, -0.25) is 0 Å². The van der Waals surface area contributed by atoms with Crippen LogP contribution < -0.4 is 14.8 Å². The Hall–Kier alpha value is -2.15. The monoisotopic (exact) mass is 373 g/mol. The minimum absolute atomic E-state index is 0.257. The molecule has 2 aliphatic rings. The summed E-state index contributed by atoms with van der Waals surface area (Å²) >= 11 is 1.49. The molecule has 0 unspecified atom stereocenters. The minimum Gasteiger partial charge on any atom is -0.477 e. The van der Waals surface area contributed by atoms with Crippen molar-refractivity contribution in [3.8, 4) is 11.8 Å². The number of hydrogen-bond donors (Lipinski definition) is 1. The molecule has 2 heterocycles. The maximum absolute atomic E-state index is 12.3. The van der Waals surface area contributed by atoms with Crippen molar-refractivity contribution in [3.63, 3.8) is 0 Å². The van der Waals surface area contributed by atoms with Crippen LogP contribution in [-0.4, -0.2) is 22.7 Å². The zero-order valence-electron chi connectivity index (χ0n) is 15.0. The number of nitrogens with one attached hydrogen (secondary N) is 1. The first kappa shape index (κ1) is 17.3. The Morgan fingerprint density at radius 3 is 2.77 bits per heavy atom. The van der Waals surface area contributed by atoms with Crippen LogP contribution in [-0.2, 0) is 5.54 Å². The van der Waals surface area contributed by atoms with Crippen molar-refractivity contribution in [2.24, 2.45) is 5.92 Å². The standard InChI is InChI=1S/C19H23N3O3S/c1-19(2,17-20-9-10-26-17)22-18(23)25-15-8-7-14(13-5-6-13)16(21-15)24-11-12-3-4-12/h7-10,12-13H,3-6,11H2,1-2H3,(H,22,23). The van der Waals surface area contributed by atoms with E-state index in [0.717, 1.165) is 10.6 Å². The highest BCUT2D eigenvalue weighted by atomic mass is 32.1. The van der Waals surface area contributed by atoms with E-state index in [9.17, 15) is 4.79 Å². The van der Waals surface area contributed by atoms with Crippen molar-refractivity contribution in [1.29, 1.82) is 0 Å². The van der Waals surface area contributed by atoms with Crippen LogP contribution in [0, 0.1) is 5.92 Å². The van der Waals surface area contributed by atoms with E-state index in [0.29, 0.717) is 24.3 Å². The van der Waals surface area contributed by atoms with Gasteiger partial charge < -0.3 is 14.8 Å². The molecule has 2 aliphatic carbocycles. The molecule has 0 spiro atoms. The highest BCUT2D eigenvalue weighted by Crippen LogP contribution is 2.44. The van der Waals surface area contributed by atoms with Gasteiger partial charge in [0.1, 0.15) is 5.01 Å². The fourth-order valence-electron chi connectivity index (χ4n) is 2.75. The summed E-state index contributed by atoms with van der Waals surface area (Å²) in [7, 11) is 0. The van der Waals surface area contributed by atoms with E-state index >= 15 is 0 Å². The molecule has 0 aliphatic heterocycles. The molecule has 6 nitrogen and oxygen atoms in total. The van der Waals surface area contributed by atoms with Crippen molar-refractivity contribution in [3.05, 3.63) is 34.3 Å². The molecular formula is C19H23N3O3S. The molecule has 0 bridgehead atoms. The smallest absolute Gasteiger partial charge is 0.414 e. The molecule has 2 aromatic heterocycles. The number of ether oxygens (including phenoxy) is 2. The molecule has 1 N–H and O–H groups in total. The summed E-state index contributed by atoms with van der Waals surface area (Å²) in [6.07, 6.45) is 5.96. The number of nitrogens with zero attached hydrogens (tertiary/aromatic N) is 2. The lowest BCUT2D eigenvalue weighted by Gasteiger charge is -2.23. The topological polar surface area (TPSA) is 73.3 Å². The number of hydrogen-bond acceptors (Lipinski definition) is 6. The molecule has 0 aromatic carbocycles. The third-order valence-corrected chi connectivity index (χ3v) is 5.71. The Morgan fingerprint density at radius 1 is 1.31 bits per heavy atom. The molecule has 4 rings (SSSR count). The average Bonchev–Trinajstić information content (AvgIpc) is 3.52. The van der Waals surface area contributed by atoms with Crippen LogP contribution in [0.2, 0.25) is 0 Å². The summed E-state index contributed by atoms with van der Waals surface area (Å²) in [5.74, 6) is 2.05. The quantitative estimate of drug-likeness (QED) is 0.786. The third-order valence-electron chi connectivity index (χ3n) is 4.61. The number of thiazole rings is 1. The molecule has 0 saturated heterocycles. The number of amides is 1.